The zero-order valence-electron chi connectivity index (χ0n) is 21.7. The number of nitrogens with zero attached hydrogens (tertiary/aromatic N) is 5. The van der Waals surface area contributed by atoms with Crippen molar-refractivity contribution in [3.05, 3.63) is 42.4 Å². The van der Waals surface area contributed by atoms with E-state index in [-0.39, 0.29) is 18.2 Å². The third-order valence-electron chi connectivity index (χ3n) is 7.45. The van der Waals surface area contributed by atoms with E-state index >= 15 is 0 Å². The molecule has 0 spiro atoms. The number of pyridine rings is 2. The number of halogens is 3. The molecule has 208 valence electrons. The van der Waals surface area contributed by atoms with Crippen LogP contribution in [-0.4, -0.2) is 63.5 Å². The van der Waals surface area contributed by atoms with Gasteiger partial charge in [-0.2, -0.15) is 18.3 Å². The summed E-state index contributed by atoms with van der Waals surface area (Å²) in [6.45, 7) is 1.70. The molecule has 2 aliphatic rings. The first kappa shape index (κ1) is 27.0. The van der Waals surface area contributed by atoms with Crippen molar-refractivity contribution in [1.29, 1.82) is 0 Å². The van der Waals surface area contributed by atoms with E-state index in [0.717, 1.165) is 69.7 Å². The first-order chi connectivity index (χ1) is 18.8. The smallest absolute Gasteiger partial charge is 0.433 e. The lowest BCUT2D eigenvalue weighted by molar-refractivity contribution is -0.142. The first-order valence-corrected chi connectivity index (χ1v) is 13.2. The molecule has 1 N–H and O–H groups in total. The molecule has 3 aromatic rings. The Morgan fingerprint density at radius 1 is 0.974 bits per heavy atom. The number of aromatic nitrogens is 5. The Kier molecular flexibility index (Phi) is 8.10. The lowest BCUT2D eigenvalue weighted by atomic mass is 9.85. The van der Waals surface area contributed by atoms with E-state index in [4.69, 9.17) is 9.47 Å². The molecule has 5 rings (SSSR count). The number of hydrogen-bond donors (Lipinski definition) is 1. The Labute approximate surface area is 224 Å². The van der Waals surface area contributed by atoms with Crippen molar-refractivity contribution in [2.24, 2.45) is 5.92 Å². The molecule has 1 aliphatic carbocycles. The number of hydrogen-bond acceptors (Lipinski definition) is 8. The molecular formula is C27H31F3N6O3. The van der Waals surface area contributed by atoms with Crippen molar-refractivity contribution >= 4 is 11.8 Å². The zero-order chi connectivity index (χ0) is 27.4. The van der Waals surface area contributed by atoms with Gasteiger partial charge in [0.05, 0.1) is 19.3 Å². The maximum Gasteiger partial charge on any atom is 0.433 e. The molecule has 0 unspecified atom stereocenters. The minimum atomic E-state index is -4.49. The minimum Gasteiger partial charge on any atom is -0.469 e. The van der Waals surface area contributed by atoms with E-state index in [9.17, 15) is 18.0 Å². The third kappa shape index (κ3) is 6.73. The van der Waals surface area contributed by atoms with Crippen LogP contribution in [-0.2, 0) is 20.4 Å². The van der Waals surface area contributed by atoms with Gasteiger partial charge < -0.3 is 14.4 Å². The molecule has 39 heavy (non-hydrogen) atoms. The topological polar surface area (TPSA) is 106 Å². The molecule has 3 aromatic heterocycles. The van der Waals surface area contributed by atoms with Gasteiger partial charge in [-0.15, -0.1) is 0 Å². The number of nitrogens with one attached hydrogen (secondary N) is 1. The number of ether oxygens (including phenoxy) is 2. The summed E-state index contributed by atoms with van der Waals surface area (Å²) in [5.41, 5.74) is 0.147. The Hall–Kier alpha value is -3.54. The van der Waals surface area contributed by atoms with Crippen LogP contribution < -0.4 is 4.90 Å². The number of rotatable bonds is 7. The van der Waals surface area contributed by atoms with Gasteiger partial charge in [-0.25, -0.2) is 9.97 Å². The number of anilines is 1. The molecule has 1 aliphatic heterocycles. The fourth-order valence-corrected chi connectivity index (χ4v) is 5.21. The lowest BCUT2D eigenvalue weighted by Gasteiger charge is -2.36. The number of carbonyl (C=O) groups is 1. The third-order valence-corrected chi connectivity index (χ3v) is 7.45. The van der Waals surface area contributed by atoms with Crippen molar-refractivity contribution in [2.45, 2.75) is 63.3 Å². The summed E-state index contributed by atoms with van der Waals surface area (Å²) in [4.78, 5) is 26.2. The number of H-pyrrole nitrogens is 1. The van der Waals surface area contributed by atoms with Gasteiger partial charge in [-0.1, -0.05) is 0 Å². The van der Waals surface area contributed by atoms with E-state index in [1.807, 2.05) is 12.1 Å². The van der Waals surface area contributed by atoms with Crippen LogP contribution in [0.25, 0.3) is 22.8 Å². The normalized spacial score (nSPS) is 20.7. The number of piperidine rings is 1. The van der Waals surface area contributed by atoms with E-state index in [2.05, 4.69) is 30.0 Å². The predicted molar refractivity (Wildman–Crippen MR) is 137 cm³/mol. The Morgan fingerprint density at radius 2 is 1.67 bits per heavy atom. The number of methoxy groups -OCH3 is 1. The van der Waals surface area contributed by atoms with Crippen LogP contribution in [0.15, 0.2) is 36.7 Å². The zero-order valence-corrected chi connectivity index (χ0v) is 21.7. The predicted octanol–water partition coefficient (Wildman–Crippen LogP) is 5.05. The van der Waals surface area contributed by atoms with Gasteiger partial charge in [0.15, 0.2) is 11.6 Å². The van der Waals surface area contributed by atoms with Crippen LogP contribution in [0.1, 0.15) is 50.6 Å². The average Bonchev–Trinajstić information content (AvgIpc) is 3.45. The van der Waals surface area contributed by atoms with Gasteiger partial charge in [-0.3, -0.25) is 14.9 Å². The monoisotopic (exact) mass is 544 g/mol. The van der Waals surface area contributed by atoms with Crippen LogP contribution >= 0.6 is 0 Å². The van der Waals surface area contributed by atoms with Gasteiger partial charge in [0, 0.05) is 43.0 Å². The summed E-state index contributed by atoms with van der Waals surface area (Å²) in [6.07, 6.45) is 5.16. The highest BCUT2D eigenvalue weighted by molar-refractivity contribution is 5.69. The number of aromatic amines is 1. The molecule has 12 heteroatoms. The van der Waals surface area contributed by atoms with Gasteiger partial charge in [0.25, 0.3) is 0 Å². The Bertz CT molecular complexity index is 1230. The number of alkyl halides is 3. The van der Waals surface area contributed by atoms with Crippen molar-refractivity contribution in [1.82, 2.24) is 25.1 Å². The molecular weight excluding hydrogens is 513 g/mol. The molecule has 0 radical (unpaired) electrons. The van der Waals surface area contributed by atoms with E-state index in [1.165, 1.54) is 13.2 Å². The second-order valence-electron chi connectivity index (χ2n) is 10.1. The maximum absolute atomic E-state index is 12.8. The fraction of sp³-hybridized carbons (Fsp3) is 0.519. The second-order valence-corrected chi connectivity index (χ2v) is 10.1. The molecule has 0 atom stereocenters. The van der Waals surface area contributed by atoms with Gasteiger partial charge in [0.2, 0.25) is 0 Å². The second kappa shape index (κ2) is 11.7. The quantitative estimate of drug-likeness (QED) is 0.412. The fourth-order valence-electron chi connectivity index (χ4n) is 5.21. The molecule has 2 fully saturated rings. The molecule has 0 aromatic carbocycles. The molecule has 4 heterocycles. The molecule has 1 saturated heterocycles. The van der Waals surface area contributed by atoms with Crippen LogP contribution in [0.5, 0.6) is 0 Å². The van der Waals surface area contributed by atoms with Gasteiger partial charge in [-0.05, 0) is 68.7 Å². The summed E-state index contributed by atoms with van der Waals surface area (Å²) in [5, 5.41) is 6.94. The van der Waals surface area contributed by atoms with Crippen molar-refractivity contribution < 1.29 is 27.4 Å². The summed E-state index contributed by atoms with van der Waals surface area (Å²) in [5.74, 6) is 1.86. The number of carbonyl (C=O) groups excluding carboxylic acids is 1. The SMILES string of the molecule is COC(=O)CC1CCC(OC2CCN(c3ccc(-c4n[nH]c(-c5ccc(C(F)(F)F)nc5)n4)cn3)CC2)CC1. The van der Waals surface area contributed by atoms with Crippen LogP contribution in [0, 0.1) is 5.92 Å². The molecule has 1 saturated carbocycles. The molecule has 0 bridgehead atoms. The molecule has 9 nitrogen and oxygen atoms in total. The van der Waals surface area contributed by atoms with E-state index < -0.39 is 11.9 Å². The summed E-state index contributed by atoms with van der Waals surface area (Å²) in [6, 6.07) is 6.04. The Morgan fingerprint density at radius 3 is 2.28 bits per heavy atom. The Balaban J connectivity index is 1.10. The summed E-state index contributed by atoms with van der Waals surface area (Å²) in [7, 11) is 1.44. The minimum absolute atomic E-state index is 0.130. The van der Waals surface area contributed by atoms with Crippen molar-refractivity contribution in [2.75, 3.05) is 25.1 Å². The van der Waals surface area contributed by atoms with Crippen molar-refractivity contribution in [3.63, 3.8) is 0 Å². The summed E-state index contributed by atoms with van der Waals surface area (Å²) < 4.78 is 49.4. The molecule has 0 amide bonds. The highest BCUT2D eigenvalue weighted by atomic mass is 19.4. The lowest BCUT2D eigenvalue weighted by Crippen LogP contribution is -2.39. The highest BCUT2D eigenvalue weighted by Crippen LogP contribution is 2.32. The highest BCUT2D eigenvalue weighted by Gasteiger charge is 2.32. The van der Waals surface area contributed by atoms with Crippen molar-refractivity contribution in [3.8, 4) is 22.8 Å². The van der Waals surface area contributed by atoms with Gasteiger partial charge in [0.1, 0.15) is 11.5 Å². The maximum atomic E-state index is 12.8. The van der Waals surface area contributed by atoms with Crippen LogP contribution in [0.3, 0.4) is 0 Å². The van der Waals surface area contributed by atoms with E-state index in [0.29, 0.717) is 35.1 Å². The van der Waals surface area contributed by atoms with Crippen LogP contribution in [0.2, 0.25) is 0 Å². The first-order valence-electron chi connectivity index (χ1n) is 13.2. The van der Waals surface area contributed by atoms with Crippen LogP contribution in [0.4, 0.5) is 19.0 Å². The standard InChI is InChI=1S/C27H31F3N6O3/c1-38-24(37)14-17-2-6-20(7-3-17)39-21-10-12-36(13-11-21)23-9-5-19(16-32-23)26-33-25(34-35-26)18-4-8-22(31-15-18)27(28,29)30/h4-5,8-9,15-17,20-21H,2-3,6-7,10-14H2,1H3,(H,33,34,35). The average molecular weight is 545 g/mol. The summed E-state index contributed by atoms with van der Waals surface area (Å²) >= 11 is 0. The van der Waals surface area contributed by atoms with E-state index in [1.54, 1.807) is 6.20 Å². The van der Waals surface area contributed by atoms with Gasteiger partial charge >= 0.3 is 12.1 Å². The largest absolute Gasteiger partial charge is 0.469 e. The number of esters is 1.